The maximum Gasteiger partial charge on any atom is 0.306 e. The van der Waals surface area contributed by atoms with E-state index in [1.807, 2.05) is 28.9 Å². The highest BCUT2D eigenvalue weighted by Gasteiger charge is 2.29. The summed E-state index contributed by atoms with van der Waals surface area (Å²) in [7, 11) is 1.40. The van der Waals surface area contributed by atoms with Gasteiger partial charge in [0.2, 0.25) is 5.91 Å². The number of hydrogen-bond acceptors (Lipinski definition) is 6. The first-order chi connectivity index (χ1) is 13.0. The molecule has 2 heterocycles. The van der Waals surface area contributed by atoms with Crippen molar-refractivity contribution in [2.75, 3.05) is 57.9 Å². The van der Waals surface area contributed by atoms with Crippen LogP contribution in [0.1, 0.15) is 13.3 Å². The molecule has 148 valence electrons. The Morgan fingerprint density at radius 3 is 2.85 bits per heavy atom. The largest absolute Gasteiger partial charge is 0.490 e. The van der Waals surface area contributed by atoms with E-state index in [0.29, 0.717) is 44.2 Å². The van der Waals surface area contributed by atoms with Crippen molar-refractivity contribution in [3.8, 4) is 5.75 Å². The molecule has 1 atom stereocenters. The minimum absolute atomic E-state index is 0.0999. The Bertz CT molecular complexity index is 700. The van der Waals surface area contributed by atoms with E-state index in [1.54, 1.807) is 6.07 Å². The number of halogens is 1. The van der Waals surface area contributed by atoms with E-state index in [9.17, 15) is 9.59 Å². The molecule has 2 aliphatic rings. The van der Waals surface area contributed by atoms with Crippen LogP contribution in [-0.2, 0) is 14.3 Å². The number of fused-ring (bicyclic) bond motifs is 1. The molecule has 2 aliphatic heterocycles. The molecule has 27 heavy (non-hydrogen) atoms. The van der Waals surface area contributed by atoms with Crippen molar-refractivity contribution >= 4 is 29.2 Å². The van der Waals surface area contributed by atoms with Gasteiger partial charge in [-0.1, -0.05) is 11.6 Å². The van der Waals surface area contributed by atoms with E-state index in [1.165, 1.54) is 7.11 Å². The SMILES string of the molecule is COC(=O)CCN1CCN(C(=O)CN2CCOc3ccc(Cl)cc32)[C@H](C)C1. The van der Waals surface area contributed by atoms with Gasteiger partial charge in [-0.3, -0.25) is 14.5 Å². The number of carbonyl (C=O) groups is 2. The highest BCUT2D eigenvalue weighted by Crippen LogP contribution is 2.33. The van der Waals surface area contributed by atoms with Gasteiger partial charge in [-0.05, 0) is 25.1 Å². The molecular weight excluding hydrogens is 370 g/mol. The summed E-state index contributed by atoms with van der Waals surface area (Å²) >= 11 is 6.11. The van der Waals surface area contributed by atoms with Crippen molar-refractivity contribution in [1.29, 1.82) is 0 Å². The van der Waals surface area contributed by atoms with E-state index in [4.69, 9.17) is 21.1 Å². The number of ether oxygens (including phenoxy) is 2. The minimum atomic E-state index is -0.203. The summed E-state index contributed by atoms with van der Waals surface area (Å²) in [5, 5.41) is 0.629. The van der Waals surface area contributed by atoms with Gasteiger partial charge in [-0.15, -0.1) is 0 Å². The topological polar surface area (TPSA) is 62.3 Å². The maximum atomic E-state index is 12.9. The van der Waals surface area contributed by atoms with E-state index < -0.39 is 0 Å². The number of nitrogens with zero attached hydrogens (tertiary/aromatic N) is 3. The van der Waals surface area contributed by atoms with Crippen molar-refractivity contribution < 1.29 is 19.1 Å². The fourth-order valence-electron chi connectivity index (χ4n) is 3.62. The molecule has 1 amide bonds. The number of esters is 1. The van der Waals surface area contributed by atoms with Gasteiger partial charge >= 0.3 is 5.97 Å². The molecule has 7 nitrogen and oxygen atoms in total. The third-order valence-electron chi connectivity index (χ3n) is 5.10. The molecule has 0 saturated carbocycles. The van der Waals surface area contributed by atoms with Crippen molar-refractivity contribution in [3.05, 3.63) is 23.2 Å². The van der Waals surface area contributed by atoms with Crippen LogP contribution >= 0.6 is 11.6 Å². The number of hydrogen-bond donors (Lipinski definition) is 0. The van der Waals surface area contributed by atoms with E-state index in [2.05, 4.69) is 4.90 Å². The number of benzene rings is 1. The second kappa shape index (κ2) is 8.80. The summed E-state index contributed by atoms with van der Waals surface area (Å²) in [6.45, 7) is 6.41. The number of anilines is 1. The van der Waals surface area contributed by atoms with Crippen LogP contribution in [0.25, 0.3) is 0 Å². The van der Waals surface area contributed by atoms with E-state index >= 15 is 0 Å². The van der Waals surface area contributed by atoms with Gasteiger partial charge in [0.05, 0.1) is 32.3 Å². The number of carbonyl (C=O) groups excluding carboxylic acids is 2. The summed E-state index contributed by atoms with van der Waals surface area (Å²) in [4.78, 5) is 30.4. The molecule has 8 heteroatoms. The van der Waals surface area contributed by atoms with Gasteiger partial charge in [-0.25, -0.2) is 0 Å². The predicted octanol–water partition coefficient (Wildman–Crippen LogP) is 1.63. The molecule has 0 N–H and O–H groups in total. The molecule has 0 bridgehead atoms. The number of amides is 1. The zero-order valence-electron chi connectivity index (χ0n) is 15.8. The molecule has 1 aromatic rings. The fraction of sp³-hybridized carbons (Fsp3) is 0.579. The Kier molecular flexibility index (Phi) is 6.44. The minimum Gasteiger partial charge on any atom is -0.490 e. The summed E-state index contributed by atoms with van der Waals surface area (Å²) in [5.74, 6) is 0.660. The molecule has 0 radical (unpaired) electrons. The monoisotopic (exact) mass is 395 g/mol. The Morgan fingerprint density at radius 2 is 2.11 bits per heavy atom. The Hall–Kier alpha value is -1.99. The van der Waals surface area contributed by atoms with Crippen LogP contribution in [0, 0.1) is 0 Å². The Balaban J connectivity index is 1.57. The van der Waals surface area contributed by atoms with Crippen LogP contribution in [0.5, 0.6) is 5.75 Å². The predicted molar refractivity (Wildman–Crippen MR) is 103 cm³/mol. The summed E-state index contributed by atoms with van der Waals surface area (Å²) < 4.78 is 10.4. The number of rotatable bonds is 5. The van der Waals surface area contributed by atoms with Gasteiger partial charge in [-0.2, -0.15) is 0 Å². The number of methoxy groups -OCH3 is 1. The summed E-state index contributed by atoms with van der Waals surface area (Å²) in [5.41, 5.74) is 0.867. The van der Waals surface area contributed by atoms with Crippen molar-refractivity contribution in [2.24, 2.45) is 0 Å². The smallest absolute Gasteiger partial charge is 0.306 e. The molecule has 3 rings (SSSR count). The van der Waals surface area contributed by atoms with Crippen LogP contribution in [0.4, 0.5) is 5.69 Å². The van der Waals surface area contributed by atoms with Crippen LogP contribution in [0.3, 0.4) is 0 Å². The lowest BCUT2D eigenvalue weighted by atomic mass is 10.1. The van der Waals surface area contributed by atoms with E-state index in [-0.39, 0.29) is 17.9 Å². The van der Waals surface area contributed by atoms with Gasteiger partial charge < -0.3 is 19.3 Å². The molecule has 0 unspecified atom stereocenters. The molecule has 1 fully saturated rings. The Labute approximate surface area is 164 Å². The quantitative estimate of drug-likeness (QED) is 0.706. The molecule has 0 spiro atoms. The summed E-state index contributed by atoms with van der Waals surface area (Å²) in [6.07, 6.45) is 0.377. The summed E-state index contributed by atoms with van der Waals surface area (Å²) in [6, 6.07) is 5.58. The average molecular weight is 396 g/mol. The van der Waals surface area contributed by atoms with Crippen molar-refractivity contribution in [1.82, 2.24) is 9.80 Å². The normalized spacial score (nSPS) is 20.0. The van der Waals surface area contributed by atoms with Crippen LogP contribution in [0.15, 0.2) is 18.2 Å². The van der Waals surface area contributed by atoms with Gasteiger partial charge in [0.15, 0.2) is 0 Å². The average Bonchev–Trinajstić information content (AvgIpc) is 2.66. The van der Waals surface area contributed by atoms with Gasteiger partial charge in [0.25, 0.3) is 0 Å². The van der Waals surface area contributed by atoms with Crippen LogP contribution in [-0.4, -0.2) is 80.7 Å². The second-order valence-electron chi connectivity index (χ2n) is 6.94. The lowest BCUT2D eigenvalue weighted by Gasteiger charge is -2.41. The second-order valence-corrected chi connectivity index (χ2v) is 7.38. The van der Waals surface area contributed by atoms with Gasteiger partial charge in [0, 0.05) is 37.2 Å². The van der Waals surface area contributed by atoms with Crippen LogP contribution in [0.2, 0.25) is 5.02 Å². The zero-order valence-corrected chi connectivity index (χ0v) is 16.6. The lowest BCUT2D eigenvalue weighted by molar-refractivity contribution is -0.142. The first-order valence-corrected chi connectivity index (χ1v) is 9.61. The number of piperazine rings is 1. The van der Waals surface area contributed by atoms with Crippen molar-refractivity contribution in [2.45, 2.75) is 19.4 Å². The zero-order chi connectivity index (χ0) is 19.4. The highest BCUT2D eigenvalue weighted by atomic mass is 35.5. The molecule has 0 aliphatic carbocycles. The highest BCUT2D eigenvalue weighted by molar-refractivity contribution is 6.31. The van der Waals surface area contributed by atoms with E-state index in [0.717, 1.165) is 24.5 Å². The Morgan fingerprint density at radius 1 is 1.30 bits per heavy atom. The fourth-order valence-corrected chi connectivity index (χ4v) is 3.79. The first kappa shape index (κ1) is 19.8. The standard InChI is InChI=1S/C19H26ClN3O4/c1-14-12-21(6-5-19(25)26-2)7-8-23(14)18(24)13-22-9-10-27-17-4-3-15(20)11-16(17)22/h3-4,11,14H,5-10,12-13H2,1-2H3/t14-/m1/s1. The van der Waals surface area contributed by atoms with Gasteiger partial charge in [0.1, 0.15) is 12.4 Å². The molecule has 1 saturated heterocycles. The maximum absolute atomic E-state index is 12.9. The lowest BCUT2D eigenvalue weighted by Crippen LogP contribution is -2.56. The molecule has 1 aromatic carbocycles. The third-order valence-corrected chi connectivity index (χ3v) is 5.33. The van der Waals surface area contributed by atoms with Crippen molar-refractivity contribution in [3.63, 3.8) is 0 Å². The first-order valence-electron chi connectivity index (χ1n) is 9.24. The molecular formula is C19H26ClN3O4. The van der Waals surface area contributed by atoms with Crippen LogP contribution < -0.4 is 9.64 Å². The third kappa shape index (κ3) is 4.84. The molecule has 0 aromatic heterocycles.